The predicted octanol–water partition coefficient (Wildman–Crippen LogP) is 32.8. The Hall–Kier alpha value is 0. The molecule has 0 rings (SSSR count). The Labute approximate surface area is 441 Å². The van der Waals surface area contributed by atoms with E-state index in [0.717, 1.165) is 0 Å². The fourth-order valence-electron chi connectivity index (χ4n) is 0. The van der Waals surface area contributed by atoms with Crippen LogP contribution in [0.15, 0.2) is 0 Å². The van der Waals surface area contributed by atoms with Crippen LogP contribution in [0.5, 0.6) is 0 Å². The fourth-order valence-corrected chi connectivity index (χ4v) is 0. The van der Waals surface area contributed by atoms with Gasteiger partial charge in [-0.1, -0.05) is 443 Å². The fraction of sp³-hybridized carbons (Fsp3) is 1.00. The van der Waals surface area contributed by atoms with Crippen LogP contribution in [-0.4, -0.2) is 0 Å². The zero-order chi connectivity index (χ0) is 64.0. The van der Waals surface area contributed by atoms with Crippen LogP contribution in [0.3, 0.4) is 0 Å². The minimum Gasteiger partial charge on any atom is -0.0683 e. The molecule has 0 bridgehead atoms. The van der Waals surface area contributed by atoms with Crippen molar-refractivity contribution in [2.45, 2.75) is 443 Å². The summed E-state index contributed by atoms with van der Waals surface area (Å²) < 4.78 is 0. The first kappa shape index (κ1) is 248. The minimum atomic E-state index is 2.00. The van der Waals surface area contributed by atoms with E-state index < -0.39 is 0 Å². The van der Waals surface area contributed by atoms with Crippen molar-refractivity contribution in [3.05, 3.63) is 0 Å². The Balaban J connectivity index is -0.00000000551. The molecule has 0 aliphatic rings. The van der Waals surface area contributed by atoms with Crippen LogP contribution in [-0.2, 0) is 0 Å². The van der Waals surface area contributed by atoms with Crippen molar-refractivity contribution in [3.63, 3.8) is 0 Å². The molecule has 0 fully saturated rings. The van der Waals surface area contributed by atoms with Gasteiger partial charge in [0.05, 0.1) is 0 Å². The standard InChI is InChI=1S/32C2H6/c32*1-2/h32*1-2H3. The average molecular weight is 962 g/mol. The normalized spacial score (nSPS) is 3.00. The summed E-state index contributed by atoms with van der Waals surface area (Å²) in [6.07, 6.45) is 0. The van der Waals surface area contributed by atoms with Crippen molar-refractivity contribution in [2.24, 2.45) is 0 Å². The van der Waals surface area contributed by atoms with Gasteiger partial charge in [-0.2, -0.15) is 0 Å². The van der Waals surface area contributed by atoms with Crippen LogP contribution in [0.25, 0.3) is 0 Å². The van der Waals surface area contributed by atoms with E-state index in [1.54, 1.807) is 0 Å². The highest BCUT2D eigenvalue weighted by molar-refractivity contribution is 3.57. The van der Waals surface area contributed by atoms with E-state index in [2.05, 4.69) is 0 Å². The Bertz CT molecular complexity index is 0. The molecule has 0 saturated heterocycles. The predicted molar refractivity (Wildman–Crippen MR) is 363 cm³/mol. The largest absolute Gasteiger partial charge is 0.0683 e. The number of rotatable bonds is 0. The van der Waals surface area contributed by atoms with Gasteiger partial charge in [-0.15, -0.1) is 0 Å². The van der Waals surface area contributed by atoms with Gasteiger partial charge in [0.2, 0.25) is 0 Å². The summed E-state index contributed by atoms with van der Waals surface area (Å²) in [6, 6.07) is 0. The first-order valence-electron chi connectivity index (χ1n) is 32.0. The van der Waals surface area contributed by atoms with Gasteiger partial charge < -0.3 is 0 Å². The zero-order valence-electron chi connectivity index (χ0n) is 64.0. The van der Waals surface area contributed by atoms with Crippen molar-refractivity contribution < 1.29 is 0 Å². The van der Waals surface area contributed by atoms with E-state index in [9.17, 15) is 0 Å². The summed E-state index contributed by atoms with van der Waals surface area (Å²) in [5.74, 6) is 0. The quantitative estimate of drug-likeness (QED) is 0.227. The van der Waals surface area contributed by atoms with Crippen LogP contribution in [0, 0.1) is 0 Å². The highest BCUT2D eigenvalue weighted by Gasteiger charge is 0.994. The topological polar surface area (TPSA) is 0 Å². The molecule has 0 aromatic rings. The van der Waals surface area contributed by atoms with Crippen LogP contribution in [0.1, 0.15) is 443 Å². The molecule has 0 aromatic carbocycles. The molecule has 0 saturated carbocycles. The lowest BCUT2D eigenvalue weighted by Gasteiger charge is -1.07. The molecule has 0 aliphatic heterocycles. The summed E-state index contributed by atoms with van der Waals surface area (Å²) in [6.45, 7) is 128. The van der Waals surface area contributed by atoms with E-state index in [1.807, 2.05) is 443 Å². The lowest BCUT2D eigenvalue weighted by atomic mass is 11.0. The first-order chi connectivity index (χ1) is 32.0. The monoisotopic (exact) mass is 962 g/mol. The third kappa shape index (κ3) is 0. The number of hydrogen-bond donors (Lipinski definition) is 0. The first-order valence-corrected chi connectivity index (χ1v) is 32.0. The Morgan fingerprint density at radius 2 is 0.0312 bits per heavy atom. The maximum Gasteiger partial charge on any atom is -0.0683 e. The average Bonchev–Trinajstić information content (AvgIpc) is 3.55. The maximum atomic E-state index is 2.00. The van der Waals surface area contributed by atoms with Gasteiger partial charge >= 0.3 is 0 Å². The van der Waals surface area contributed by atoms with Crippen LogP contribution in [0.4, 0.5) is 0 Å². The molecule has 0 heteroatoms. The summed E-state index contributed by atoms with van der Waals surface area (Å²) in [5.41, 5.74) is 0. The summed E-state index contributed by atoms with van der Waals surface area (Å²) in [7, 11) is 0. The van der Waals surface area contributed by atoms with Crippen molar-refractivity contribution in [3.8, 4) is 0 Å². The lowest BCUT2D eigenvalue weighted by Crippen LogP contribution is -0.856. The van der Waals surface area contributed by atoms with E-state index >= 15 is 0 Å². The Morgan fingerprint density at radius 3 is 0.0312 bits per heavy atom. The minimum absolute atomic E-state index is 2.00. The third-order valence-corrected chi connectivity index (χ3v) is 0. The second kappa shape index (κ2) is 0. The van der Waals surface area contributed by atoms with Gasteiger partial charge in [0.15, 0.2) is 0 Å². The van der Waals surface area contributed by atoms with Gasteiger partial charge in [0, 0.05) is 0 Å². The van der Waals surface area contributed by atoms with Gasteiger partial charge in [0.25, 0.3) is 0 Å². The second-order valence-electron chi connectivity index (χ2n) is 0. The molecule has 0 heterocycles. The Kier molecular flexibility index (Phi) is 0. The van der Waals surface area contributed by atoms with E-state index in [0.29, 0.717) is 0 Å². The molecule has 0 radical (unpaired) electrons. The summed E-state index contributed by atoms with van der Waals surface area (Å²) in [5, 5.41) is 0. The molecule has 448 valence electrons. The smallest absolute Gasteiger partial charge is 0.0683 e. The third-order valence-electron chi connectivity index (χ3n) is 0. The SMILES string of the molecule is CC.CC.CC.CC.CC.CC.CC.CC.CC.CC.CC.CC.CC.CC.CC.CC.CC.CC.CC.CC.CC.CC.CC.CC.CC.CC.CC.CC.CC.CC.CC.CC. The molecule has 64 heavy (non-hydrogen) atoms. The Morgan fingerprint density at radius 1 is 0.0312 bits per heavy atom. The molecule has 0 amide bonds. The molecule has 0 aromatic heterocycles. The van der Waals surface area contributed by atoms with Gasteiger partial charge in [-0.25, -0.2) is 0 Å². The summed E-state index contributed by atoms with van der Waals surface area (Å²) >= 11 is 0. The molecule has 0 unspecified atom stereocenters. The molecular formula is C64H192. The van der Waals surface area contributed by atoms with Gasteiger partial charge in [-0.3, -0.25) is 0 Å². The molecular weight excluding hydrogens is 769 g/mol. The van der Waals surface area contributed by atoms with E-state index in [1.165, 1.54) is 0 Å². The molecule has 0 atom stereocenters. The van der Waals surface area contributed by atoms with Crippen molar-refractivity contribution in [1.82, 2.24) is 0 Å². The van der Waals surface area contributed by atoms with Crippen molar-refractivity contribution >= 4 is 0 Å². The lowest BCUT2D eigenvalue weighted by molar-refractivity contribution is 1.50. The van der Waals surface area contributed by atoms with Crippen molar-refractivity contribution in [2.75, 3.05) is 0 Å². The van der Waals surface area contributed by atoms with Crippen LogP contribution >= 0.6 is 0 Å². The van der Waals surface area contributed by atoms with Crippen LogP contribution < -0.4 is 0 Å². The van der Waals surface area contributed by atoms with Crippen LogP contribution in [0.2, 0.25) is 0 Å². The van der Waals surface area contributed by atoms with Gasteiger partial charge in [0.1, 0.15) is 0 Å². The van der Waals surface area contributed by atoms with E-state index in [4.69, 9.17) is 0 Å². The van der Waals surface area contributed by atoms with Gasteiger partial charge in [-0.05, 0) is 0 Å². The summed E-state index contributed by atoms with van der Waals surface area (Å²) in [4.78, 5) is 0. The maximum absolute atomic E-state index is 2.00. The van der Waals surface area contributed by atoms with Crippen molar-refractivity contribution in [1.29, 1.82) is 0 Å². The second-order valence-corrected chi connectivity index (χ2v) is 0. The zero-order valence-corrected chi connectivity index (χ0v) is 64.0. The highest BCUT2D eigenvalue weighted by Crippen LogP contribution is 1.21. The highest BCUT2D eigenvalue weighted by atomic mass is 13.1. The van der Waals surface area contributed by atoms with E-state index in [-0.39, 0.29) is 0 Å². The molecule has 0 aliphatic carbocycles. The number of hydrogen-bond acceptors (Lipinski definition) is 0. The molecule has 0 N–H and O–H groups in total. The molecule has 0 spiro atoms. The molecule has 0 nitrogen and oxygen atoms in total.